The molecule has 1 atom stereocenters. The summed E-state index contributed by atoms with van der Waals surface area (Å²) < 4.78 is 0. The second-order valence-electron chi connectivity index (χ2n) is 4.90. The highest BCUT2D eigenvalue weighted by Gasteiger charge is 2.26. The lowest BCUT2D eigenvalue weighted by atomic mass is 10.1. The smallest absolute Gasteiger partial charge is 0.227 e. The molecule has 1 aliphatic heterocycles. The molecule has 0 bridgehead atoms. The summed E-state index contributed by atoms with van der Waals surface area (Å²) in [7, 11) is 0. The zero-order valence-corrected chi connectivity index (χ0v) is 11.1. The average Bonchev–Trinajstić information content (AvgIpc) is 2.79. The van der Waals surface area contributed by atoms with Crippen LogP contribution in [-0.2, 0) is 16.0 Å². The number of nitrogens with one attached hydrogen (secondary N) is 1. The molecule has 1 aromatic rings. The van der Waals surface area contributed by atoms with Gasteiger partial charge in [0.1, 0.15) is 0 Å². The molecule has 1 fully saturated rings. The summed E-state index contributed by atoms with van der Waals surface area (Å²) >= 11 is 0. The third-order valence-corrected chi connectivity index (χ3v) is 3.35. The molecule has 0 saturated carbocycles. The molecule has 1 heterocycles. The number of hydrogen-bond donors (Lipinski definition) is 2. The zero-order valence-electron chi connectivity index (χ0n) is 11.1. The van der Waals surface area contributed by atoms with Crippen LogP contribution in [0.5, 0.6) is 0 Å². The molecule has 1 aliphatic rings. The van der Waals surface area contributed by atoms with Crippen LogP contribution in [0.2, 0.25) is 0 Å². The summed E-state index contributed by atoms with van der Waals surface area (Å²) in [4.78, 5) is 24.9. The van der Waals surface area contributed by atoms with Crippen LogP contribution in [0.4, 0.5) is 5.69 Å². The van der Waals surface area contributed by atoms with Gasteiger partial charge in [-0.1, -0.05) is 18.2 Å². The van der Waals surface area contributed by atoms with Gasteiger partial charge in [0.25, 0.3) is 0 Å². The van der Waals surface area contributed by atoms with E-state index in [9.17, 15) is 9.59 Å². The molecule has 5 heteroatoms. The standard InChI is InChI=1S/C14H19N3O2/c1-10(18)16-12-6-7-17(9-12)14(19)8-11-4-2-3-5-13(11)15/h2-5,12H,6-9,15H2,1H3,(H,16,18). The van der Waals surface area contributed by atoms with E-state index in [1.54, 1.807) is 11.0 Å². The highest BCUT2D eigenvalue weighted by atomic mass is 16.2. The van der Waals surface area contributed by atoms with Crippen LogP contribution >= 0.6 is 0 Å². The Hall–Kier alpha value is -2.04. The highest BCUT2D eigenvalue weighted by Crippen LogP contribution is 2.15. The second-order valence-corrected chi connectivity index (χ2v) is 4.90. The van der Waals surface area contributed by atoms with E-state index in [-0.39, 0.29) is 17.9 Å². The van der Waals surface area contributed by atoms with Crippen LogP contribution in [-0.4, -0.2) is 35.8 Å². The molecule has 1 saturated heterocycles. The Balaban J connectivity index is 1.91. The first-order valence-electron chi connectivity index (χ1n) is 6.44. The minimum Gasteiger partial charge on any atom is -0.398 e. The normalized spacial score (nSPS) is 18.4. The fourth-order valence-electron chi connectivity index (χ4n) is 2.36. The van der Waals surface area contributed by atoms with Crippen molar-refractivity contribution >= 4 is 17.5 Å². The third-order valence-electron chi connectivity index (χ3n) is 3.35. The fourth-order valence-corrected chi connectivity index (χ4v) is 2.36. The summed E-state index contributed by atoms with van der Waals surface area (Å²) in [6.07, 6.45) is 1.13. The Morgan fingerprint density at radius 1 is 1.42 bits per heavy atom. The Kier molecular flexibility index (Phi) is 4.04. The summed E-state index contributed by atoms with van der Waals surface area (Å²) in [6.45, 7) is 2.77. The number of rotatable bonds is 3. The Morgan fingerprint density at radius 3 is 2.84 bits per heavy atom. The number of carbonyl (C=O) groups is 2. The molecular formula is C14H19N3O2. The minimum absolute atomic E-state index is 0.0494. The van der Waals surface area contributed by atoms with Crippen LogP contribution in [0, 0.1) is 0 Å². The van der Waals surface area contributed by atoms with Gasteiger partial charge < -0.3 is 16.0 Å². The number of benzene rings is 1. The van der Waals surface area contributed by atoms with Crippen molar-refractivity contribution in [2.24, 2.45) is 0 Å². The van der Waals surface area contributed by atoms with Crippen LogP contribution in [0.3, 0.4) is 0 Å². The Morgan fingerprint density at radius 2 is 2.16 bits per heavy atom. The van der Waals surface area contributed by atoms with Gasteiger partial charge in [0, 0.05) is 31.7 Å². The van der Waals surface area contributed by atoms with Gasteiger partial charge >= 0.3 is 0 Å². The SMILES string of the molecule is CC(=O)NC1CCN(C(=O)Cc2ccccc2N)C1. The van der Waals surface area contributed by atoms with Crippen LogP contribution in [0.15, 0.2) is 24.3 Å². The summed E-state index contributed by atoms with van der Waals surface area (Å²) in [5.41, 5.74) is 7.34. The Bertz CT molecular complexity index is 487. The van der Waals surface area contributed by atoms with Crippen molar-refractivity contribution in [3.05, 3.63) is 29.8 Å². The van der Waals surface area contributed by atoms with Gasteiger partial charge in [0.2, 0.25) is 11.8 Å². The van der Waals surface area contributed by atoms with Gasteiger partial charge in [-0.3, -0.25) is 9.59 Å². The van der Waals surface area contributed by atoms with E-state index >= 15 is 0 Å². The first-order chi connectivity index (χ1) is 9.06. The van der Waals surface area contributed by atoms with E-state index in [0.29, 0.717) is 25.2 Å². The molecular weight excluding hydrogens is 242 g/mol. The number of anilines is 1. The van der Waals surface area contributed by atoms with E-state index in [2.05, 4.69) is 5.32 Å². The van der Waals surface area contributed by atoms with E-state index < -0.39 is 0 Å². The Labute approximate surface area is 112 Å². The zero-order chi connectivity index (χ0) is 13.8. The first kappa shape index (κ1) is 13.4. The maximum Gasteiger partial charge on any atom is 0.227 e. The second kappa shape index (κ2) is 5.73. The average molecular weight is 261 g/mol. The van der Waals surface area contributed by atoms with Crippen molar-refractivity contribution < 1.29 is 9.59 Å². The largest absolute Gasteiger partial charge is 0.398 e. The van der Waals surface area contributed by atoms with Crippen LogP contribution in [0.1, 0.15) is 18.9 Å². The maximum atomic E-state index is 12.2. The quantitative estimate of drug-likeness (QED) is 0.780. The summed E-state index contributed by atoms with van der Waals surface area (Å²) in [5.74, 6) is 0.0114. The van der Waals surface area contributed by atoms with Crippen molar-refractivity contribution in [1.29, 1.82) is 0 Å². The number of nitrogen functional groups attached to an aromatic ring is 1. The van der Waals surface area contributed by atoms with Crippen LogP contribution in [0.25, 0.3) is 0 Å². The molecule has 3 N–H and O–H groups in total. The molecule has 2 amide bonds. The van der Waals surface area contributed by atoms with Crippen molar-refractivity contribution in [3.8, 4) is 0 Å². The molecule has 1 unspecified atom stereocenters. The molecule has 0 aliphatic carbocycles. The lowest BCUT2D eigenvalue weighted by Crippen LogP contribution is -2.37. The van der Waals surface area contributed by atoms with Crippen molar-refractivity contribution in [2.45, 2.75) is 25.8 Å². The van der Waals surface area contributed by atoms with Crippen molar-refractivity contribution in [2.75, 3.05) is 18.8 Å². The van der Waals surface area contributed by atoms with Gasteiger partial charge in [-0.15, -0.1) is 0 Å². The van der Waals surface area contributed by atoms with Crippen molar-refractivity contribution in [3.63, 3.8) is 0 Å². The van der Waals surface area contributed by atoms with Gasteiger partial charge in [-0.25, -0.2) is 0 Å². The van der Waals surface area contributed by atoms with E-state index in [0.717, 1.165) is 12.0 Å². The van der Waals surface area contributed by atoms with Gasteiger partial charge in [-0.05, 0) is 18.1 Å². The fraction of sp³-hybridized carbons (Fsp3) is 0.429. The predicted octanol–water partition coefficient (Wildman–Crippen LogP) is 0.548. The lowest BCUT2D eigenvalue weighted by Gasteiger charge is -2.17. The molecule has 102 valence electrons. The van der Waals surface area contributed by atoms with Crippen molar-refractivity contribution in [1.82, 2.24) is 10.2 Å². The number of para-hydroxylation sites is 1. The number of likely N-dealkylation sites (tertiary alicyclic amines) is 1. The van der Waals surface area contributed by atoms with Crippen LogP contribution < -0.4 is 11.1 Å². The molecule has 5 nitrogen and oxygen atoms in total. The molecule has 0 aromatic heterocycles. The number of nitrogens with zero attached hydrogens (tertiary/aromatic N) is 1. The lowest BCUT2D eigenvalue weighted by molar-refractivity contribution is -0.129. The minimum atomic E-state index is -0.0494. The number of amides is 2. The van der Waals surface area contributed by atoms with Gasteiger partial charge in [-0.2, -0.15) is 0 Å². The van der Waals surface area contributed by atoms with Gasteiger partial charge in [0.05, 0.1) is 6.42 Å². The number of carbonyl (C=O) groups excluding carboxylic acids is 2. The summed E-state index contributed by atoms with van der Waals surface area (Å²) in [5, 5.41) is 2.84. The first-order valence-corrected chi connectivity index (χ1v) is 6.44. The van der Waals surface area contributed by atoms with E-state index in [1.165, 1.54) is 6.92 Å². The highest BCUT2D eigenvalue weighted by molar-refractivity contribution is 5.81. The van der Waals surface area contributed by atoms with Gasteiger partial charge in [0.15, 0.2) is 0 Å². The third kappa shape index (κ3) is 3.47. The number of nitrogens with two attached hydrogens (primary N) is 1. The monoisotopic (exact) mass is 261 g/mol. The van der Waals surface area contributed by atoms with E-state index in [4.69, 9.17) is 5.73 Å². The maximum absolute atomic E-state index is 12.2. The molecule has 19 heavy (non-hydrogen) atoms. The molecule has 0 spiro atoms. The summed E-state index contributed by atoms with van der Waals surface area (Å²) in [6, 6.07) is 7.48. The number of hydrogen-bond acceptors (Lipinski definition) is 3. The topological polar surface area (TPSA) is 75.4 Å². The molecule has 2 rings (SSSR count). The predicted molar refractivity (Wildman–Crippen MR) is 73.4 cm³/mol. The van der Waals surface area contributed by atoms with E-state index in [1.807, 2.05) is 18.2 Å². The molecule has 0 radical (unpaired) electrons. The molecule has 1 aromatic carbocycles.